The van der Waals surface area contributed by atoms with Crippen LogP contribution in [0.3, 0.4) is 0 Å². The van der Waals surface area contributed by atoms with Crippen LogP contribution in [0.5, 0.6) is 0 Å². The van der Waals surface area contributed by atoms with Crippen LogP contribution < -0.4 is 10.2 Å². The van der Waals surface area contributed by atoms with Crippen molar-refractivity contribution in [3.8, 4) is 0 Å². The average molecular weight is 458 g/mol. The van der Waals surface area contributed by atoms with E-state index in [1.165, 1.54) is 41.3 Å². The first-order valence-electron chi connectivity index (χ1n) is 10.3. The van der Waals surface area contributed by atoms with Gasteiger partial charge in [-0.25, -0.2) is 4.39 Å². The molecule has 0 heterocycles. The number of nitrogens with one attached hydrogen (secondary N) is 1. The minimum atomic E-state index is -4.55. The predicted octanol–water partition coefficient (Wildman–Crippen LogP) is 5.62. The Morgan fingerprint density at radius 1 is 0.939 bits per heavy atom. The van der Waals surface area contributed by atoms with Gasteiger partial charge in [-0.2, -0.15) is 13.2 Å². The summed E-state index contributed by atoms with van der Waals surface area (Å²) in [6.45, 7) is 2.01. The molecule has 0 bridgehead atoms. The number of aryl methyl sites for hydroxylation is 1. The van der Waals surface area contributed by atoms with Crippen LogP contribution in [0.25, 0.3) is 0 Å². The van der Waals surface area contributed by atoms with Crippen LogP contribution in [0.4, 0.5) is 23.2 Å². The van der Waals surface area contributed by atoms with Gasteiger partial charge >= 0.3 is 6.18 Å². The minimum absolute atomic E-state index is 0.0815. The molecule has 0 aromatic heterocycles. The molecule has 33 heavy (non-hydrogen) atoms. The second-order valence-electron chi connectivity index (χ2n) is 7.44. The maximum absolute atomic E-state index is 13.2. The van der Waals surface area contributed by atoms with Crippen molar-refractivity contribution in [1.29, 1.82) is 0 Å². The van der Waals surface area contributed by atoms with Gasteiger partial charge in [0, 0.05) is 29.9 Å². The number of hydrogen-bond acceptors (Lipinski definition) is 2. The minimum Gasteiger partial charge on any atom is -0.352 e. The second kappa shape index (κ2) is 10.3. The molecule has 8 heteroatoms. The topological polar surface area (TPSA) is 49.4 Å². The highest BCUT2D eigenvalue weighted by Crippen LogP contribution is 2.32. The lowest BCUT2D eigenvalue weighted by atomic mass is 10.1. The lowest BCUT2D eigenvalue weighted by Crippen LogP contribution is -2.35. The number of carbonyl (C=O) groups excluding carboxylic acids is 2. The lowest BCUT2D eigenvalue weighted by molar-refractivity contribution is -0.137. The number of rotatable bonds is 7. The first kappa shape index (κ1) is 24.0. The van der Waals surface area contributed by atoms with Crippen molar-refractivity contribution in [1.82, 2.24) is 5.32 Å². The molecule has 0 spiro atoms. The summed E-state index contributed by atoms with van der Waals surface area (Å²) in [5, 5.41) is 2.67. The fraction of sp³-hybridized carbons (Fsp3) is 0.200. The molecule has 0 aliphatic rings. The Labute approximate surface area is 188 Å². The molecule has 2 amide bonds. The molecule has 0 saturated heterocycles. The number of nitrogens with zero attached hydrogens (tertiary/aromatic N) is 1. The van der Waals surface area contributed by atoms with E-state index in [1.807, 2.05) is 0 Å². The largest absolute Gasteiger partial charge is 0.416 e. The van der Waals surface area contributed by atoms with Crippen LogP contribution in [-0.4, -0.2) is 24.9 Å². The average Bonchev–Trinajstić information content (AvgIpc) is 2.79. The van der Waals surface area contributed by atoms with Crippen molar-refractivity contribution in [2.24, 2.45) is 0 Å². The third kappa shape index (κ3) is 6.19. The molecule has 3 aromatic rings. The smallest absolute Gasteiger partial charge is 0.352 e. The summed E-state index contributed by atoms with van der Waals surface area (Å²) in [6, 6.07) is 16.5. The SMILES string of the molecule is Cc1ccccc1C(=O)N(CCCNC(=O)c1ccc(F)cc1)c1cccc(C(F)(F)F)c1. The Morgan fingerprint density at radius 2 is 1.64 bits per heavy atom. The third-order valence-corrected chi connectivity index (χ3v) is 5.06. The van der Waals surface area contributed by atoms with Crippen LogP contribution in [-0.2, 0) is 6.18 Å². The summed E-state index contributed by atoms with van der Waals surface area (Å²) in [4.78, 5) is 26.7. The summed E-state index contributed by atoms with van der Waals surface area (Å²) < 4.78 is 52.7. The Morgan fingerprint density at radius 3 is 2.30 bits per heavy atom. The molecule has 0 unspecified atom stereocenters. The highest BCUT2D eigenvalue weighted by Gasteiger charge is 2.31. The molecule has 4 nitrogen and oxygen atoms in total. The summed E-state index contributed by atoms with van der Waals surface area (Å²) in [6.07, 6.45) is -4.25. The van der Waals surface area contributed by atoms with Crippen LogP contribution in [0.2, 0.25) is 0 Å². The maximum Gasteiger partial charge on any atom is 0.416 e. The molecule has 0 aliphatic heterocycles. The van der Waals surface area contributed by atoms with E-state index >= 15 is 0 Å². The molecular weight excluding hydrogens is 436 g/mol. The Bertz CT molecular complexity index is 1130. The van der Waals surface area contributed by atoms with Gasteiger partial charge in [-0.3, -0.25) is 9.59 Å². The normalized spacial score (nSPS) is 11.2. The van der Waals surface area contributed by atoms with Crippen molar-refractivity contribution in [2.75, 3.05) is 18.0 Å². The summed E-state index contributed by atoms with van der Waals surface area (Å²) in [7, 11) is 0. The second-order valence-corrected chi connectivity index (χ2v) is 7.44. The van der Waals surface area contributed by atoms with E-state index in [0.717, 1.165) is 12.1 Å². The number of carbonyl (C=O) groups is 2. The van der Waals surface area contributed by atoms with E-state index < -0.39 is 29.4 Å². The molecule has 3 aromatic carbocycles. The number of benzene rings is 3. The van der Waals surface area contributed by atoms with Crippen LogP contribution in [0.15, 0.2) is 72.8 Å². The van der Waals surface area contributed by atoms with E-state index in [-0.39, 0.29) is 24.3 Å². The number of amides is 2. The Kier molecular flexibility index (Phi) is 7.48. The van der Waals surface area contributed by atoms with Crippen molar-refractivity contribution < 1.29 is 27.2 Å². The quantitative estimate of drug-likeness (QED) is 0.369. The standard InChI is InChI=1S/C25H22F4N2O2/c1-17-6-2-3-9-22(17)24(33)31(21-8-4-7-19(16-21)25(27,28)29)15-5-14-30-23(32)18-10-12-20(26)13-11-18/h2-4,6-13,16H,5,14-15H2,1H3,(H,30,32). The van der Waals surface area contributed by atoms with Gasteiger partial charge in [0.2, 0.25) is 0 Å². The molecule has 0 radical (unpaired) electrons. The monoisotopic (exact) mass is 458 g/mol. The van der Waals surface area contributed by atoms with Gasteiger partial charge in [0.25, 0.3) is 11.8 Å². The number of halogens is 4. The van der Waals surface area contributed by atoms with Crippen molar-refractivity contribution in [3.05, 3.63) is 101 Å². The summed E-state index contributed by atoms with van der Waals surface area (Å²) in [5.74, 6) is -1.30. The molecular formula is C25H22F4N2O2. The molecule has 3 rings (SSSR count). The molecule has 0 atom stereocenters. The molecule has 0 aliphatic carbocycles. The van der Waals surface area contributed by atoms with E-state index in [1.54, 1.807) is 31.2 Å². The van der Waals surface area contributed by atoms with E-state index in [2.05, 4.69) is 5.32 Å². The third-order valence-electron chi connectivity index (χ3n) is 5.06. The van der Waals surface area contributed by atoms with E-state index in [9.17, 15) is 27.2 Å². The highest BCUT2D eigenvalue weighted by molar-refractivity contribution is 6.07. The van der Waals surface area contributed by atoms with E-state index in [0.29, 0.717) is 17.5 Å². The molecule has 0 fully saturated rings. The van der Waals surface area contributed by atoms with Gasteiger partial charge in [0.1, 0.15) is 5.82 Å². The van der Waals surface area contributed by atoms with Gasteiger partial charge in [-0.1, -0.05) is 24.3 Å². The van der Waals surface area contributed by atoms with E-state index in [4.69, 9.17) is 0 Å². The summed E-state index contributed by atoms with van der Waals surface area (Å²) in [5.41, 5.74) is 0.617. The highest BCUT2D eigenvalue weighted by atomic mass is 19.4. The number of hydrogen-bond donors (Lipinski definition) is 1. The zero-order valence-corrected chi connectivity index (χ0v) is 17.8. The lowest BCUT2D eigenvalue weighted by Gasteiger charge is -2.25. The van der Waals surface area contributed by atoms with Gasteiger partial charge < -0.3 is 10.2 Å². The zero-order chi connectivity index (χ0) is 24.0. The Hall–Kier alpha value is -3.68. The molecule has 1 N–H and O–H groups in total. The van der Waals surface area contributed by atoms with Gasteiger partial charge in [-0.05, 0) is 67.4 Å². The van der Waals surface area contributed by atoms with Crippen molar-refractivity contribution in [3.63, 3.8) is 0 Å². The van der Waals surface area contributed by atoms with Crippen molar-refractivity contribution in [2.45, 2.75) is 19.5 Å². The van der Waals surface area contributed by atoms with Crippen LogP contribution in [0.1, 0.15) is 38.3 Å². The fourth-order valence-corrected chi connectivity index (χ4v) is 3.30. The van der Waals surface area contributed by atoms with Gasteiger partial charge in [0.15, 0.2) is 0 Å². The van der Waals surface area contributed by atoms with Crippen LogP contribution >= 0.6 is 0 Å². The molecule has 172 valence electrons. The fourth-order valence-electron chi connectivity index (χ4n) is 3.30. The first-order valence-corrected chi connectivity index (χ1v) is 10.3. The molecule has 0 saturated carbocycles. The Balaban J connectivity index is 1.76. The van der Waals surface area contributed by atoms with Gasteiger partial charge in [-0.15, -0.1) is 0 Å². The summed E-state index contributed by atoms with van der Waals surface area (Å²) >= 11 is 0. The first-order chi connectivity index (χ1) is 15.7. The maximum atomic E-state index is 13.2. The van der Waals surface area contributed by atoms with Crippen LogP contribution in [0, 0.1) is 12.7 Å². The van der Waals surface area contributed by atoms with Crippen molar-refractivity contribution >= 4 is 17.5 Å². The van der Waals surface area contributed by atoms with Gasteiger partial charge in [0.05, 0.1) is 5.56 Å². The zero-order valence-electron chi connectivity index (χ0n) is 17.8. The predicted molar refractivity (Wildman–Crippen MR) is 118 cm³/mol. The number of anilines is 1. The number of alkyl halides is 3.